The molecule has 0 unspecified atom stereocenters. The number of anilines is 1. The Morgan fingerprint density at radius 2 is 2.00 bits per heavy atom. The highest BCUT2D eigenvalue weighted by Crippen LogP contribution is 2.29. The van der Waals surface area contributed by atoms with Crippen LogP contribution in [-0.4, -0.2) is 52.0 Å². The van der Waals surface area contributed by atoms with Crippen LogP contribution in [0.15, 0.2) is 10.9 Å². The first-order valence-corrected chi connectivity index (χ1v) is 8.03. The minimum atomic E-state index is -0.139. The van der Waals surface area contributed by atoms with Gasteiger partial charge in [0.1, 0.15) is 11.6 Å². The molecule has 9 nitrogen and oxygen atoms in total. The molecular formula is C15H22N6O3. The van der Waals surface area contributed by atoms with E-state index in [9.17, 15) is 4.79 Å². The molecule has 0 amide bonds. The highest BCUT2D eigenvalue weighted by molar-refractivity contribution is 5.43. The summed E-state index contributed by atoms with van der Waals surface area (Å²) in [6.07, 6.45) is 1.80. The molecule has 2 aromatic heterocycles. The SMILES string of the molecule is CCn1c(C2CCN(c3cc(OC)nc(OC)n3)CC2)n[nH]c1=O. The molecule has 1 aliphatic heterocycles. The zero-order valence-electron chi connectivity index (χ0n) is 14.2. The zero-order valence-corrected chi connectivity index (χ0v) is 14.2. The monoisotopic (exact) mass is 334 g/mol. The van der Waals surface area contributed by atoms with Gasteiger partial charge in [0.25, 0.3) is 0 Å². The first-order valence-electron chi connectivity index (χ1n) is 8.03. The summed E-state index contributed by atoms with van der Waals surface area (Å²) in [7, 11) is 3.10. The molecule has 1 saturated heterocycles. The standard InChI is InChI=1S/C15H22N6O3/c1-4-21-13(18-19-15(21)22)10-5-7-20(8-6-10)11-9-12(23-2)17-14(16-11)24-3/h9-10H,4-8H2,1-3H3,(H,19,22). The minimum Gasteiger partial charge on any atom is -0.481 e. The van der Waals surface area contributed by atoms with Crippen molar-refractivity contribution in [2.75, 3.05) is 32.2 Å². The molecule has 1 aliphatic rings. The highest BCUT2D eigenvalue weighted by Gasteiger charge is 2.26. The average Bonchev–Trinajstić information content (AvgIpc) is 3.01. The number of ether oxygens (including phenoxy) is 2. The second-order valence-corrected chi connectivity index (χ2v) is 5.65. The largest absolute Gasteiger partial charge is 0.481 e. The molecule has 3 heterocycles. The van der Waals surface area contributed by atoms with Gasteiger partial charge in [-0.05, 0) is 19.8 Å². The number of hydrogen-bond acceptors (Lipinski definition) is 7. The van der Waals surface area contributed by atoms with E-state index in [4.69, 9.17) is 9.47 Å². The molecule has 0 aliphatic carbocycles. The number of H-pyrrole nitrogens is 1. The van der Waals surface area contributed by atoms with E-state index in [-0.39, 0.29) is 11.6 Å². The van der Waals surface area contributed by atoms with Crippen LogP contribution in [0.25, 0.3) is 0 Å². The van der Waals surface area contributed by atoms with Crippen molar-refractivity contribution in [3.05, 3.63) is 22.4 Å². The summed E-state index contributed by atoms with van der Waals surface area (Å²) < 4.78 is 12.0. The summed E-state index contributed by atoms with van der Waals surface area (Å²) in [6.45, 7) is 4.22. The second kappa shape index (κ2) is 6.90. The van der Waals surface area contributed by atoms with Crippen LogP contribution in [0.5, 0.6) is 11.9 Å². The lowest BCUT2D eigenvalue weighted by Crippen LogP contribution is -2.34. The van der Waals surface area contributed by atoms with E-state index in [1.807, 2.05) is 6.92 Å². The van der Waals surface area contributed by atoms with Crippen LogP contribution >= 0.6 is 0 Å². The van der Waals surface area contributed by atoms with Gasteiger partial charge in [0.15, 0.2) is 0 Å². The van der Waals surface area contributed by atoms with Crippen molar-refractivity contribution >= 4 is 5.82 Å². The van der Waals surface area contributed by atoms with Gasteiger partial charge >= 0.3 is 11.7 Å². The Morgan fingerprint density at radius 1 is 1.25 bits per heavy atom. The summed E-state index contributed by atoms with van der Waals surface area (Å²) in [5, 5.41) is 6.75. The number of nitrogens with zero attached hydrogens (tertiary/aromatic N) is 5. The molecule has 9 heteroatoms. The van der Waals surface area contributed by atoms with Crippen LogP contribution in [0.2, 0.25) is 0 Å². The van der Waals surface area contributed by atoms with Gasteiger partial charge in [-0.1, -0.05) is 0 Å². The fraction of sp³-hybridized carbons (Fsp3) is 0.600. The van der Waals surface area contributed by atoms with E-state index >= 15 is 0 Å². The van der Waals surface area contributed by atoms with Crippen LogP contribution in [0.3, 0.4) is 0 Å². The molecule has 0 spiro atoms. The van der Waals surface area contributed by atoms with Crippen molar-refractivity contribution in [2.24, 2.45) is 0 Å². The number of rotatable bonds is 5. The predicted octanol–water partition coefficient (Wildman–Crippen LogP) is 0.782. The fourth-order valence-electron chi connectivity index (χ4n) is 3.06. The second-order valence-electron chi connectivity index (χ2n) is 5.65. The van der Waals surface area contributed by atoms with E-state index in [1.54, 1.807) is 17.7 Å². The van der Waals surface area contributed by atoms with Crippen LogP contribution in [0.4, 0.5) is 5.82 Å². The third kappa shape index (κ3) is 3.06. The van der Waals surface area contributed by atoms with Crippen LogP contribution in [0, 0.1) is 0 Å². The molecule has 0 saturated carbocycles. The number of methoxy groups -OCH3 is 2. The smallest absolute Gasteiger partial charge is 0.343 e. The maximum absolute atomic E-state index is 11.7. The highest BCUT2D eigenvalue weighted by atomic mass is 16.5. The lowest BCUT2D eigenvalue weighted by Gasteiger charge is -2.32. The molecule has 130 valence electrons. The Balaban J connectivity index is 1.74. The van der Waals surface area contributed by atoms with Crippen LogP contribution in [0.1, 0.15) is 31.5 Å². The zero-order chi connectivity index (χ0) is 17.1. The summed E-state index contributed by atoms with van der Waals surface area (Å²) in [5.74, 6) is 2.38. The van der Waals surface area contributed by atoms with Gasteiger partial charge in [0.05, 0.1) is 14.2 Å². The van der Waals surface area contributed by atoms with E-state index in [1.165, 1.54) is 7.11 Å². The third-order valence-corrected chi connectivity index (χ3v) is 4.35. The first-order chi connectivity index (χ1) is 11.7. The molecule has 1 fully saturated rings. The summed E-state index contributed by atoms with van der Waals surface area (Å²) in [6, 6.07) is 2.10. The van der Waals surface area contributed by atoms with Crippen molar-refractivity contribution < 1.29 is 9.47 Å². The van der Waals surface area contributed by atoms with Gasteiger partial charge in [-0.2, -0.15) is 15.1 Å². The van der Waals surface area contributed by atoms with Gasteiger partial charge in [0, 0.05) is 31.6 Å². The Kier molecular flexibility index (Phi) is 4.68. The molecule has 24 heavy (non-hydrogen) atoms. The van der Waals surface area contributed by atoms with Crippen molar-refractivity contribution in [2.45, 2.75) is 32.2 Å². The molecular weight excluding hydrogens is 312 g/mol. The Bertz CT molecular complexity index is 726. The number of aromatic amines is 1. The molecule has 0 aromatic carbocycles. The summed E-state index contributed by atoms with van der Waals surface area (Å²) >= 11 is 0. The molecule has 0 atom stereocenters. The average molecular weight is 334 g/mol. The van der Waals surface area contributed by atoms with Gasteiger partial charge in [0.2, 0.25) is 5.88 Å². The van der Waals surface area contributed by atoms with Gasteiger partial charge < -0.3 is 14.4 Å². The van der Waals surface area contributed by atoms with Crippen molar-refractivity contribution in [3.63, 3.8) is 0 Å². The van der Waals surface area contributed by atoms with Gasteiger partial charge in [-0.15, -0.1) is 0 Å². The summed E-state index contributed by atoms with van der Waals surface area (Å²) in [5.41, 5.74) is -0.139. The van der Waals surface area contributed by atoms with Gasteiger partial charge in [-0.3, -0.25) is 4.57 Å². The van der Waals surface area contributed by atoms with Crippen molar-refractivity contribution in [1.29, 1.82) is 0 Å². The lowest BCUT2D eigenvalue weighted by molar-refractivity contribution is 0.351. The normalized spacial score (nSPS) is 15.5. The minimum absolute atomic E-state index is 0.139. The van der Waals surface area contributed by atoms with Crippen molar-refractivity contribution in [1.82, 2.24) is 24.7 Å². The molecule has 0 bridgehead atoms. The molecule has 2 aromatic rings. The summed E-state index contributed by atoms with van der Waals surface area (Å²) in [4.78, 5) is 22.4. The number of nitrogens with one attached hydrogen (secondary N) is 1. The Hall–Kier alpha value is -2.58. The Labute approximate surface area is 139 Å². The molecule has 3 rings (SSSR count). The number of hydrogen-bond donors (Lipinski definition) is 1. The van der Waals surface area contributed by atoms with Crippen molar-refractivity contribution in [3.8, 4) is 11.9 Å². The van der Waals surface area contributed by atoms with E-state index in [0.717, 1.165) is 37.6 Å². The van der Waals surface area contributed by atoms with E-state index in [0.29, 0.717) is 18.4 Å². The maximum Gasteiger partial charge on any atom is 0.343 e. The van der Waals surface area contributed by atoms with E-state index < -0.39 is 0 Å². The lowest BCUT2D eigenvalue weighted by atomic mass is 9.96. The number of piperidine rings is 1. The Morgan fingerprint density at radius 3 is 2.62 bits per heavy atom. The topological polar surface area (TPSA) is 98.2 Å². The quantitative estimate of drug-likeness (QED) is 0.863. The third-order valence-electron chi connectivity index (χ3n) is 4.35. The molecule has 1 N–H and O–H groups in total. The predicted molar refractivity (Wildman–Crippen MR) is 87.8 cm³/mol. The maximum atomic E-state index is 11.7. The van der Waals surface area contributed by atoms with E-state index in [2.05, 4.69) is 25.1 Å². The fourth-order valence-corrected chi connectivity index (χ4v) is 3.06. The van der Waals surface area contributed by atoms with Gasteiger partial charge in [-0.25, -0.2) is 9.89 Å². The van der Waals surface area contributed by atoms with Crippen LogP contribution < -0.4 is 20.1 Å². The number of aromatic nitrogens is 5. The van der Waals surface area contributed by atoms with Crippen LogP contribution in [-0.2, 0) is 6.54 Å². The molecule has 0 radical (unpaired) electrons. The first kappa shape index (κ1) is 16.3.